The van der Waals surface area contributed by atoms with Gasteiger partial charge in [0.05, 0.1) is 18.2 Å². The van der Waals surface area contributed by atoms with Gasteiger partial charge in [-0.15, -0.1) is 0 Å². The monoisotopic (exact) mass is 408 g/mol. The summed E-state index contributed by atoms with van der Waals surface area (Å²) in [6.45, 7) is 0.453. The Morgan fingerprint density at radius 2 is 1.90 bits per heavy atom. The largest absolute Gasteiger partial charge is 0.497 e. The van der Waals surface area contributed by atoms with Crippen LogP contribution in [-0.2, 0) is 6.18 Å². The molecule has 0 saturated heterocycles. The molecule has 0 unspecified atom stereocenters. The molecule has 0 aromatic heterocycles. The van der Waals surface area contributed by atoms with Crippen molar-refractivity contribution >= 4 is 5.91 Å². The van der Waals surface area contributed by atoms with Crippen molar-refractivity contribution < 1.29 is 31.8 Å². The number of hydrogen-bond acceptors (Lipinski definition) is 4. The molecule has 2 aromatic rings. The van der Waals surface area contributed by atoms with Crippen LogP contribution in [0.4, 0.5) is 17.6 Å². The first-order chi connectivity index (χ1) is 13.8. The molecule has 1 aliphatic heterocycles. The Labute approximate surface area is 163 Å². The number of carbonyl (C=O) groups is 1. The van der Waals surface area contributed by atoms with Crippen molar-refractivity contribution in [3.63, 3.8) is 0 Å². The Hall–Kier alpha value is -3.49. The highest BCUT2D eigenvalue weighted by Gasteiger charge is 2.32. The third-order valence-corrected chi connectivity index (χ3v) is 3.99. The van der Waals surface area contributed by atoms with Crippen LogP contribution in [0.3, 0.4) is 0 Å². The number of dihydropyridines is 1. The van der Waals surface area contributed by atoms with E-state index >= 15 is 0 Å². The first-order valence-corrected chi connectivity index (χ1v) is 8.42. The standard InChI is InChI=1S/C20H16F4N2O3/c1-28-14-3-5-18(16(21)11-14)29-17-4-2-12(20(22,23)24)10-15(17)19(27)26-13-6-8-25-9-7-13/h2-8,10-11,25H,9H2,1H3,(H,26,27). The summed E-state index contributed by atoms with van der Waals surface area (Å²) in [4.78, 5) is 12.6. The van der Waals surface area contributed by atoms with Crippen molar-refractivity contribution in [1.82, 2.24) is 10.6 Å². The van der Waals surface area contributed by atoms with Gasteiger partial charge in [0.15, 0.2) is 11.6 Å². The summed E-state index contributed by atoms with van der Waals surface area (Å²) in [6.07, 6.45) is 0.132. The lowest BCUT2D eigenvalue weighted by Crippen LogP contribution is -2.25. The number of methoxy groups -OCH3 is 1. The van der Waals surface area contributed by atoms with Crippen LogP contribution in [-0.4, -0.2) is 19.6 Å². The Balaban J connectivity index is 1.96. The van der Waals surface area contributed by atoms with Crippen LogP contribution < -0.4 is 20.1 Å². The smallest absolute Gasteiger partial charge is 0.416 e. The molecule has 0 fully saturated rings. The van der Waals surface area contributed by atoms with E-state index in [1.54, 1.807) is 18.4 Å². The second kappa shape index (κ2) is 8.26. The fourth-order valence-electron chi connectivity index (χ4n) is 2.53. The number of carbonyl (C=O) groups excluding carboxylic acids is 1. The summed E-state index contributed by atoms with van der Waals surface area (Å²) < 4.78 is 63.8. The minimum atomic E-state index is -4.66. The molecule has 2 aromatic carbocycles. The Morgan fingerprint density at radius 1 is 1.14 bits per heavy atom. The van der Waals surface area contributed by atoms with Gasteiger partial charge in [0.2, 0.25) is 0 Å². The van der Waals surface area contributed by atoms with E-state index in [0.29, 0.717) is 18.3 Å². The second-order valence-corrected chi connectivity index (χ2v) is 5.96. The summed E-state index contributed by atoms with van der Waals surface area (Å²) in [6, 6.07) is 6.14. The molecule has 2 N–H and O–H groups in total. The highest BCUT2D eigenvalue weighted by molar-refractivity contribution is 5.98. The van der Waals surface area contributed by atoms with Crippen LogP contribution in [0.2, 0.25) is 0 Å². The molecule has 0 spiro atoms. The molecule has 0 radical (unpaired) electrons. The van der Waals surface area contributed by atoms with Crippen LogP contribution in [0, 0.1) is 5.82 Å². The average molecular weight is 408 g/mol. The molecular weight excluding hydrogens is 392 g/mol. The molecule has 0 atom stereocenters. The number of benzene rings is 2. The molecule has 9 heteroatoms. The number of amides is 1. The molecule has 5 nitrogen and oxygen atoms in total. The fourth-order valence-corrected chi connectivity index (χ4v) is 2.53. The zero-order valence-electron chi connectivity index (χ0n) is 15.1. The van der Waals surface area contributed by atoms with E-state index in [2.05, 4.69) is 10.6 Å². The molecule has 1 aliphatic rings. The van der Waals surface area contributed by atoms with E-state index in [1.807, 2.05) is 0 Å². The van der Waals surface area contributed by atoms with Gasteiger partial charge in [-0.05, 0) is 48.7 Å². The first-order valence-electron chi connectivity index (χ1n) is 8.42. The lowest BCUT2D eigenvalue weighted by molar-refractivity contribution is -0.137. The zero-order valence-corrected chi connectivity index (χ0v) is 15.1. The van der Waals surface area contributed by atoms with Gasteiger partial charge < -0.3 is 20.1 Å². The molecule has 152 valence electrons. The van der Waals surface area contributed by atoms with Crippen molar-refractivity contribution in [3.8, 4) is 17.2 Å². The fraction of sp³-hybridized carbons (Fsp3) is 0.150. The van der Waals surface area contributed by atoms with Gasteiger partial charge in [0.25, 0.3) is 5.91 Å². The van der Waals surface area contributed by atoms with Crippen LogP contribution in [0.25, 0.3) is 0 Å². The van der Waals surface area contributed by atoms with Gasteiger partial charge in [-0.25, -0.2) is 4.39 Å². The lowest BCUT2D eigenvalue weighted by atomic mass is 10.1. The molecule has 1 heterocycles. The number of halogens is 4. The number of rotatable bonds is 5. The van der Waals surface area contributed by atoms with E-state index in [-0.39, 0.29) is 22.8 Å². The van der Waals surface area contributed by atoms with E-state index in [0.717, 1.165) is 18.2 Å². The second-order valence-electron chi connectivity index (χ2n) is 5.96. The van der Waals surface area contributed by atoms with Gasteiger partial charge in [-0.3, -0.25) is 4.79 Å². The summed E-state index contributed by atoms with van der Waals surface area (Å²) in [7, 11) is 1.36. The number of nitrogens with one attached hydrogen (secondary N) is 2. The highest BCUT2D eigenvalue weighted by Crippen LogP contribution is 2.35. The van der Waals surface area contributed by atoms with Gasteiger partial charge in [-0.1, -0.05) is 0 Å². The van der Waals surface area contributed by atoms with Crippen molar-refractivity contribution in [1.29, 1.82) is 0 Å². The van der Waals surface area contributed by atoms with E-state index < -0.39 is 23.5 Å². The van der Waals surface area contributed by atoms with Gasteiger partial charge >= 0.3 is 6.18 Å². The van der Waals surface area contributed by atoms with Crippen LogP contribution >= 0.6 is 0 Å². The van der Waals surface area contributed by atoms with Crippen molar-refractivity contribution in [2.45, 2.75) is 6.18 Å². The predicted molar refractivity (Wildman–Crippen MR) is 97.2 cm³/mol. The molecule has 29 heavy (non-hydrogen) atoms. The van der Waals surface area contributed by atoms with Crippen molar-refractivity contribution in [2.24, 2.45) is 0 Å². The number of ether oxygens (including phenoxy) is 2. The minimum absolute atomic E-state index is 0.224. The van der Waals surface area contributed by atoms with E-state index in [1.165, 1.54) is 19.2 Å². The SMILES string of the molecule is COc1ccc(Oc2ccc(C(F)(F)F)cc2C(=O)NC2=CCNC=C2)c(F)c1. The van der Waals surface area contributed by atoms with Gasteiger partial charge in [0.1, 0.15) is 11.5 Å². The summed E-state index contributed by atoms with van der Waals surface area (Å²) in [5.74, 6) is -1.86. The van der Waals surface area contributed by atoms with E-state index in [9.17, 15) is 22.4 Å². The molecule has 1 amide bonds. The Kier molecular flexibility index (Phi) is 5.76. The van der Waals surface area contributed by atoms with E-state index in [4.69, 9.17) is 9.47 Å². The molecular formula is C20H16F4N2O3. The van der Waals surface area contributed by atoms with Crippen molar-refractivity contribution in [3.05, 3.63) is 77.4 Å². The Bertz CT molecular complexity index is 984. The third kappa shape index (κ3) is 4.87. The maximum absolute atomic E-state index is 14.2. The lowest BCUT2D eigenvalue weighted by Gasteiger charge is -2.16. The number of alkyl halides is 3. The number of hydrogen-bond donors (Lipinski definition) is 2. The average Bonchev–Trinajstić information content (AvgIpc) is 2.69. The van der Waals surface area contributed by atoms with Crippen LogP contribution in [0.1, 0.15) is 15.9 Å². The predicted octanol–water partition coefficient (Wildman–Crippen LogP) is 4.38. The van der Waals surface area contributed by atoms with Gasteiger partial charge in [-0.2, -0.15) is 13.2 Å². The van der Waals surface area contributed by atoms with Crippen molar-refractivity contribution in [2.75, 3.05) is 13.7 Å². The highest BCUT2D eigenvalue weighted by atomic mass is 19.4. The minimum Gasteiger partial charge on any atom is -0.497 e. The zero-order chi connectivity index (χ0) is 21.0. The Morgan fingerprint density at radius 3 is 2.52 bits per heavy atom. The first kappa shape index (κ1) is 20.2. The third-order valence-electron chi connectivity index (χ3n) is 3.99. The van der Waals surface area contributed by atoms with Crippen LogP contribution in [0.5, 0.6) is 17.2 Å². The maximum atomic E-state index is 14.2. The van der Waals surface area contributed by atoms with Gasteiger partial charge in [0, 0.05) is 18.3 Å². The molecule has 0 aliphatic carbocycles. The molecule has 0 saturated carbocycles. The topological polar surface area (TPSA) is 59.6 Å². The normalized spacial score (nSPS) is 13.3. The van der Waals surface area contributed by atoms with Crippen LogP contribution in [0.15, 0.2) is 60.4 Å². The molecule has 0 bridgehead atoms. The quantitative estimate of drug-likeness (QED) is 0.722. The molecule has 3 rings (SSSR count). The summed E-state index contributed by atoms with van der Waals surface area (Å²) >= 11 is 0. The summed E-state index contributed by atoms with van der Waals surface area (Å²) in [5.41, 5.74) is -1.00. The number of allylic oxidation sites excluding steroid dienone is 1. The maximum Gasteiger partial charge on any atom is 0.416 e. The summed E-state index contributed by atoms with van der Waals surface area (Å²) in [5, 5.41) is 5.39.